The van der Waals surface area contributed by atoms with Crippen LogP contribution in [-0.2, 0) is 22.7 Å². The average Bonchev–Trinajstić information content (AvgIpc) is 2.85. The number of hydrogen-bond donors (Lipinski definition) is 0. The fraction of sp³-hybridized carbons (Fsp3) is 0.316. The van der Waals surface area contributed by atoms with Crippen molar-refractivity contribution < 1.29 is 9.53 Å². The van der Waals surface area contributed by atoms with Crippen LogP contribution in [0.4, 0.5) is 0 Å². The Morgan fingerprint density at radius 3 is 2.77 bits per heavy atom. The van der Waals surface area contributed by atoms with E-state index in [0.717, 1.165) is 5.56 Å². The number of fused-ring (bicyclic) bond motifs is 3. The van der Waals surface area contributed by atoms with E-state index in [1.54, 1.807) is 0 Å². The third kappa shape index (κ3) is 2.13. The molecule has 3 nitrogen and oxygen atoms in total. The van der Waals surface area contributed by atoms with Gasteiger partial charge in [-0.2, -0.15) is 0 Å². The van der Waals surface area contributed by atoms with Crippen molar-refractivity contribution in [3.8, 4) is 0 Å². The summed E-state index contributed by atoms with van der Waals surface area (Å²) in [5.74, 6) is 0.0627. The maximum absolute atomic E-state index is 12.9. The number of hydrogen-bond acceptors (Lipinski definition) is 2. The van der Waals surface area contributed by atoms with Crippen LogP contribution >= 0.6 is 0 Å². The second-order valence-electron chi connectivity index (χ2n) is 6.17. The van der Waals surface area contributed by atoms with Crippen LogP contribution in [0, 0.1) is 6.92 Å². The van der Waals surface area contributed by atoms with E-state index in [9.17, 15) is 4.79 Å². The molecule has 2 aliphatic rings. The highest BCUT2D eigenvalue weighted by Gasteiger charge is 2.45. The van der Waals surface area contributed by atoms with Gasteiger partial charge in [0.05, 0.1) is 18.6 Å². The van der Waals surface area contributed by atoms with Crippen LogP contribution in [0.15, 0.2) is 48.5 Å². The number of benzene rings is 2. The maximum Gasteiger partial charge on any atom is 0.233 e. The van der Waals surface area contributed by atoms with Crippen molar-refractivity contribution in [2.45, 2.75) is 32.1 Å². The SMILES string of the molecule is Cc1cccc2c1CO[C@@H]1CN(Cc3ccccc3)C(=O)[C@H]21. The summed E-state index contributed by atoms with van der Waals surface area (Å²) in [6, 6.07) is 16.4. The number of nitrogens with zero attached hydrogens (tertiary/aromatic N) is 1. The number of aryl methyl sites for hydroxylation is 1. The molecule has 0 N–H and O–H groups in total. The Kier molecular flexibility index (Phi) is 3.23. The van der Waals surface area contributed by atoms with E-state index in [4.69, 9.17) is 4.74 Å². The van der Waals surface area contributed by atoms with Crippen molar-refractivity contribution in [2.75, 3.05) is 6.54 Å². The van der Waals surface area contributed by atoms with Crippen LogP contribution in [-0.4, -0.2) is 23.5 Å². The average molecular weight is 293 g/mol. The number of carbonyl (C=O) groups excluding carboxylic acids is 1. The lowest BCUT2D eigenvalue weighted by Crippen LogP contribution is -2.28. The van der Waals surface area contributed by atoms with Crippen molar-refractivity contribution in [2.24, 2.45) is 0 Å². The molecule has 0 unspecified atom stereocenters. The topological polar surface area (TPSA) is 29.5 Å². The molecule has 2 aliphatic heterocycles. The predicted molar refractivity (Wildman–Crippen MR) is 84.4 cm³/mol. The monoisotopic (exact) mass is 293 g/mol. The summed E-state index contributed by atoms with van der Waals surface area (Å²) in [5.41, 5.74) is 4.74. The third-order valence-electron chi connectivity index (χ3n) is 4.79. The van der Waals surface area contributed by atoms with Crippen molar-refractivity contribution in [1.29, 1.82) is 0 Å². The van der Waals surface area contributed by atoms with Gasteiger partial charge in [0.15, 0.2) is 0 Å². The molecule has 3 heteroatoms. The van der Waals surface area contributed by atoms with E-state index >= 15 is 0 Å². The highest BCUT2D eigenvalue weighted by Crippen LogP contribution is 2.39. The van der Waals surface area contributed by atoms with E-state index in [2.05, 4.69) is 31.2 Å². The van der Waals surface area contributed by atoms with E-state index in [1.807, 2.05) is 29.2 Å². The van der Waals surface area contributed by atoms with E-state index in [0.29, 0.717) is 19.7 Å². The fourth-order valence-electron chi connectivity index (χ4n) is 3.60. The lowest BCUT2D eigenvalue weighted by Gasteiger charge is -2.27. The molecule has 2 aromatic carbocycles. The summed E-state index contributed by atoms with van der Waals surface area (Å²) in [6.07, 6.45) is -0.00878. The molecule has 0 spiro atoms. The first-order valence-corrected chi connectivity index (χ1v) is 7.77. The minimum absolute atomic E-state index is 0.00878. The van der Waals surface area contributed by atoms with Crippen LogP contribution < -0.4 is 0 Å². The van der Waals surface area contributed by atoms with Crippen molar-refractivity contribution in [1.82, 2.24) is 4.90 Å². The molecule has 0 radical (unpaired) electrons. The first kappa shape index (κ1) is 13.5. The van der Waals surface area contributed by atoms with Gasteiger partial charge in [-0.1, -0.05) is 48.5 Å². The molecule has 0 saturated carbocycles. The normalized spacial score (nSPS) is 23.3. The molecule has 1 amide bonds. The van der Waals surface area contributed by atoms with Crippen LogP contribution in [0.1, 0.15) is 28.2 Å². The van der Waals surface area contributed by atoms with Gasteiger partial charge in [-0.15, -0.1) is 0 Å². The first-order chi connectivity index (χ1) is 10.7. The molecular formula is C19H19NO2. The van der Waals surface area contributed by atoms with Crippen LogP contribution in [0.5, 0.6) is 0 Å². The van der Waals surface area contributed by atoms with Crippen LogP contribution in [0.3, 0.4) is 0 Å². The van der Waals surface area contributed by atoms with E-state index in [1.165, 1.54) is 16.7 Å². The number of amides is 1. The molecule has 4 rings (SSSR count). The Hall–Kier alpha value is -2.13. The third-order valence-corrected chi connectivity index (χ3v) is 4.79. The molecule has 0 aromatic heterocycles. The second-order valence-corrected chi connectivity index (χ2v) is 6.17. The van der Waals surface area contributed by atoms with E-state index < -0.39 is 0 Å². The maximum atomic E-state index is 12.9. The fourth-order valence-corrected chi connectivity index (χ4v) is 3.60. The van der Waals surface area contributed by atoms with Gasteiger partial charge in [-0.05, 0) is 29.2 Å². The summed E-state index contributed by atoms with van der Waals surface area (Å²) < 4.78 is 5.99. The Morgan fingerprint density at radius 1 is 1.14 bits per heavy atom. The van der Waals surface area contributed by atoms with Crippen LogP contribution in [0.2, 0.25) is 0 Å². The molecule has 22 heavy (non-hydrogen) atoms. The zero-order chi connectivity index (χ0) is 15.1. The number of carbonyl (C=O) groups is 1. The summed E-state index contributed by atoms with van der Waals surface area (Å²) in [4.78, 5) is 14.8. The van der Waals surface area contributed by atoms with Crippen molar-refractivity contribution in [3.63, 3.8) is 0 Å². The lowest BCUT2D eigenvalue weighted by molar-refractivity contribution is -0.130. The molecule has 0 aliphatic carbocycles. The molecule has 1 saturated heterocycles. The van der Waals surface area contributed by atoms with Gasteiger partial charge in [-0.3, -0.25) is 4.79 Å². The highest BCUT2D eigenvalue weighted by molar-refractivity contribution is 5.87. The number of ether oxygens (including phenoxy) is 1. The first-order valence-electron chi connectivity index (χ1n) is 7.77. The Balaban J connectivity index is 1.63. The molecule has 1 fully saturated rings. The van der Waals surface area contributed by atoms with Crippen molar-refractivity contribution >= 4 is 5.91 Å². The van der Waals surface area contributed by atoms with Gasteiger partial charge in [0, 0.05) is 13.1 Å². The summed E-state index contributed by atoms with van der Waals surface area (Å²) in [6.45, 7) is 4.06. The molecule has 0 bridgehead atoms. The van der Waals surface area contributed by atoms with Gasteiger partial charge in [0.25, 0.3) is 0 Å². The minimum atomic E-state index is -0.132. The molecular weight excluding hydrogens is 274 g/mol. The molecule has 2 heterocycles. The van der Waals surface area contributed by atoms with Gasteiger partial charge in [0.1, 0.15) is 0 Å². The van der Waals surface area contributed by atoms with Crippen molar-refractivity contribution in [3.05, 3.63) is 70.8 Å². The second kappa shape index (κ2) is 5.25. The number of likely N-dealkylation sites (tertiary alicyclic amines) is 1. The lowest BCUT2D eigenvalue weighted by atomic mass is 9.87. The van der Waals surface area contributed by atoms with Crippen LogP contribution in [0.25, 0.3) is 0 Å². The summed E-state index contributed by atoms with van der Waals surface area (Å²) in [5, 5.41) is 0. The standard InChI is InChI=1S/C19H19NO2/c1-13-6-5-9-15-16(13)12-22-17-11-20(19(21)18(15)17)10-14-7-3-2-4-8-14/h2-9,17-18H,10-12H2,1H3/t17-,18-/m1/s1. The van der Waals surface area contributed by atoms with E-state index in [-0.39, 0.29) is 17.9 Å². The zero-order valence-electron chi connectivity index (χ0n) is 12.7. The molecule has 112 valence electrons. The summed E-state index contributed by atoms with van der Waals surface area (Å²) in [7, 11) is 0. The smallest absolute Gasteiger partial charge is 0.233 e. The molecule has 2 atom stereocenters. The Morgan fingerprint density at radius 2 is 1.95 bits per heavy atom. The quantitative estimate of drug-likeness (QED) is 0.852. The summed E-state index contributed by atoms with van der Waals surface area (Å²) >= 11 is 0. The minimum Gasteiger partial charge on any atom is -0.370 e. The Bertz CT molecular complexity index is 711. The predicted octanol–water partition coefficient (Wildman–Crippen LogP) is 3.02. The largest absolute Gasteiger partial charge is 0.370 e. The van der Waals surface area contributed by atoms with Gasteiger partial charge >= 0.3 is 0 Å². The van der Waals surface area contributed by atoms with Gasteiger partial charge in [-0.25, -0.2) is 0 Å². The number of rotatable bonds is 2. The molecule has 2 aromatic rings. The van der Waals surface area contributed by atoms with Gasteiger partial charge < -0.3 is 9.64 Å². The Labute approximate surface area is 130 Å². The highest BCUT2D eigenvalue weighted by atomic mass is 16.5. The zero-order valence-corrected chi connectivity index (χ0v) is 12.7. The van der Waals surface area contributed by atoms with Gasteiger partial charge in [0.2, 0.25) is 5.91 Å².